The van der Waals surface area contributed by atoms with E-state index in [4.69, 9.17) is 25.1 Å². The Balaban J connectivity index is 2.50. The van der Waals surface area contributed by atoms with Crippen LogP contribution < -0.4 is 37.1 Å². The quantitative estimate of drug-likeness (QED) is 0.0323. The molecule has 0 aromatic heterocycles. The molecule has 1 aliphatic heterocycles. The highest BCUT2D eigenvalue weighted by Gasteiger charge is 2.48. The van der Waals surface area contributed by atoms with Crippen LogP contribution in [0.15, 0.2) is 18.2 Å². The first-order chi connectivity index (χ1) is 26.7. The molecule has 1 aliphatic rings. The molecule has 21 nitrogen and oxygen atoms in total. The summed E-state index contributed by atoms with van der Waals surface area (Å²) in [6.45, 7) is 8.01. The number of aliphatic hydroxyl groups is 3. The molecule has 57 heavy (non-hydrogen) atoms. The first-order valence-electron chi connectivity index (χ1n) is 18.5. The molecule has 1 aromatic rings. The molecule has 1 heterocycles. The van der Waals surface area contributed by atoms with Crippen LogP contribution in [0.2, 0.25) is 0 Å². The van der Waals surface area contributed by atoms with Gasteiger partial charge >= 0.3 is 23.9 Å². The van der Waals surface area contributed by atoms with E-state index in [1.54, 1.807) is 34.6 Å². The summed E-state index contributed by atoms with van der Waals surface area (Å²) in [5, 5.41) is 63.5. The highest BCUT2D eigenvalue weighted by Crippen LogP contribution is 2.32. The molecule has 1 saturated heterocycles. The standard InChI is InChI=1S/C36H56N6O15/c1-6-38-22(10-11-24(44)45)30(49)41-25(18(2)3)31(50)42-36(17-43,12-7-13-39-35(37)54)16-40-21-9-8-20(15-55-33(53)19(4)5)14-23(21)56-34-28(48)26(46)27(47)29(57-34)32(51)52/h8-9,14,17-19,22,25-29,34,38,40,46-48H,6-7,10-13,15-16H2,1-5H3,(H,41,49)(H,42,50)(H,44,45)(H,51,52)(H3,37,39,54)/t22-,25-,26-,27-,28+,29-,34+,36?/m0/s1. The topological polar surface area (TPSA) is 334 Å². The van der Waals surface area contributed by atoms with Gasteiger partial charge in [-0.05, 0) is 49.4 Å². The molecule has 2 rings (SSSR count). The molecule has 1 aromatic carbocycles. The number of urea groups is 1. The molecule has 320 valence electrons. The number of esters is 1. The van der Waals surface area contributed by atoms with Crippen molar-refractivity contribution in [3.05, 3.63) is 23.8 Å². The number of nitrogens with one attached hydrogen (secondary N) is 5. The first kappa shape index (κ1) is 48.1. The molecule has 0 aliphatic carbocycles. The van der Waals surface area contributed by atoms with Crippen molar-refractivity contribution in [1.29, 1.82) is 0 Å². The number of primary amides is 1. The van der Waals surface area contributed by atoms with Gasteiger partial charge in [-0.2, -0.15) is 0 Å². The van der Waals surface area contributed by atoms with Crippen LogP contribution in [-0.4, -0.2) is 136 Å². The molecule has 8 atom stereocenters. The van der Waals surface area contributed by atoms with Gasteiger partial charge in [-0.15, -0.1) is 0 Å². The van der Waals surface area contributed by atoms with Crippen molar-refractivity contribution in [2.45, 2.75) is 115 Å². The number of likely N-dealkylation sites (N-methyl/N-ethyl adjacent to an activating group) is 1. The number of carbonyl (C=O) groups excluding carboxylic acids is 5. The predicted octanol–water partition coefficient (Wildman–Crippen LogP) is -1.45. The zero-order valence-corrected chi connectivity index (χ0v) is 32.6. The summed E-state index contributed by atoms with van der Waals surface area (Å²) in [6, 6.07) is 1.34. The molecular formula is C36H56N6O15. The average Bonchev–Trinajstić information content (AvgIpc) is 3.14. The van der Waals surface area contributed by atoms with Crippen molar-refractivity contribution in [1.82, 2.24) is 21.3 Å². The normalized spacial score (nSPS) is 21.3. The van der Waals surface area contributed by atoms with E-state index in [1.807, 2.05) is 0 Å². The van der Waals surface area contributed by atoms with Gasteiger partial charge in [0.1, 0.15) is 48.5 Å². The number of aliphatic carboxylic acids is 2. The Morgan fingerprint density at radius 1 is 1.00 bits per heavy atom. The molecule has 4 amide bonds. The molecule has 0 bridgehead atoms. The van der Waals surface area contributed by atoms with E-state index in [2.05, 4.69) is 26.6 Å². The van der Waals surface area contributed by atoms with E-state index in [0.717, 1.165) is 0 Å². The van der Waals surface area contributed by atoms with Crippen molar-refractivity contribution < 1.29 is 73.3 Å². The maximum Gasteiger partial charge on any atom is 0.335 e. The zero-order valence-electron chi connectivity index (χ0n) is 32.6. The highest BCUT2D eigenvalue weighted by atomic mass is 16.7. The summed E-state index contributed by atoms with van der Waals surface area (Å²) in [6.07, 6.45) is -9.69. The number of nitrogens with two attached hydrogens (primary N) is 1. The van der Waals surface area contributed by atoms with E-state index in [0.29, 0.717) is 18.4 Å². The SMILES string of the molecule is CCN[C@@H](CCC(=O)O)C(=O)N[C@H](C(=O)NC(C=O)(CCCNC(N)=O)CNc1ccc(COC(=O)C(C)C)cc1O[C@@H]1O[C@H](C(=O)O)[C@@H](O)[C@H](O)[C@H]1O)C(C)C. The Kier molecular flexibility index (Phi) is 19.1. The second-order valence-corrected chi connectivity index (χ2v) is 14.2. The minimum atomic E-state index is -2.00. The molecule has 0 spiro atoms. The number of carboxylic acid groups (broad SMARTS) is 2. The van der Waals surface area contributed by atoms with E-state index >= 15 is 0 Å². The van der Waals surface area contributed by atoms with E-state index in [9.17, 15) is 54.0 Å². The van der Waals surface area contributed by atoms with Crippen molar-refractivity contribution in [3.63, 3.8) is 0 Å². The third-order valence-electron chi connectivity index (χ3n) is 8.91. The number of aliphatic hydroxyl groups excluding tert-OH is 3. The van der Waals surface area contributed by atoms with E-state index in [1.165, 1.54) is 18.2 Å². The lowest BCUT2D eigenvalue weighted by Crippen LogP contribution is -2.62. The third kappa shape index (κ3) is 14.7. The minimum absolute atomic E-state index is 0.00701. The number of hydrogen-bond donors (Lipinski definition) is 11. The van der Waals surface area contributed by atoms with Gasteiger partial charge in [-0.25, -0.2) is 9.59 Å². The van der Waals surface area contributed by atoms with Crippen molar-refractivity contribution in [2.75, 3.05) is 25.0 Å². The average molecular weight is 813 g/mol. The van der Waals surface area contributed by atoms with Crippen LogP contribution in [-0.2, 0) is 44.8 Å². The summed E-state index contributed by atoms with van der Waals surface area (Å²) < 4.78 is 16.4. The Labute approximate surface area is 329 Å². The van der Waals surface area contributed by atoms with E-state index < -0.39 is 95.9 Å². The van der Waals surface area contributed by atoms with Crippen LogP contribution in [0.25, 0.3) is 0 Å². The summed E-state index contributed by atoms with van der Waals surface area (Å²) >= 11 is 0. The summed E-state index contributed by atoms with van der Waals surface area (Å²) in [5.74, 6) is -5.82. The fourth-order valence-electron chi connectivity index (χ4n) is 5.64. The number of amides is 4. The van der Waals surface area contributed by atoms with Crippen LogP contribution >= 0.6 is 0 Å². The van der Waals surface area contributed by atoms with Crippen LogP contribution in [0.4, 0.5) is 10.5 Å². The number of anilines is 1. The summed E-state index contributed by atoms with van der Waals surface area (Å²) in [5.41, 5.74) is 3.87. The molecular weight excluding hydrogens is 756 g/mol. The van der Waals surface area contributed by atoms with Gasteiger partial charge in [0.15, 0.2) is 6.10 Å². The van der Waals surface area contributed by atoms with Gasteiger partial charge in [0.05, 0.1) is 17.6 Å². The molecule has 1 unspecified atom stereocenters. The fraction of sp³-hybridized carbons (Fsp3) is 0.639. The van der Waals surface area contributed by atoms with Crippen LogP contribution in [0.1, 0.15) is 65.9 Å². The zero-order chi connectivity index (χ0) is 43.0. The Bertz CT molecular complexity index is 1560. The predicted molar refractivity (Wildman–Crippen MR) is 199 cm³/mol. The van der Waals surface area contributed by atoms with Gasteiger partial charge in [-0.1, -0.05) is 40.7 Å². The Morgan fingerprint density at radius 2 is 1.68 bits per heavy atom. The second kappa shape index (κ2) is 22.6. The fourth-order valence-corrected chi connectivity index (χ4v) is 5.64. The number of hydrogen-bond acceptors (Lipinski definition) is 15. The Hall–Kier alpha value is -5.09. The lowest BCUT2D eigenvalue weighted by molar-refractivity contribution is -0.271. The summed E-state index contributed by atoms with van der Waals surface area (Å²) in [7, 11) is 0. The second-order valence-electron chi connectivity index (χ2n) is 14.2. The molecule has 0 saturated carbocycles. The largest absolute Gasteiger partial charge is 0.481 e. The molecule has 1 fully saturated rings. The van der Waals surface area contributed by atoms with Crippen LogP contribution in [0, 0.1) is 11.8 Å². The van der Waals surface area contributed by atoms with Crippen molar-refractivity contribution in [2.24, 2.45) is 17.6 Å². The number of rotatable bonds is 24. The van der Waals surface area contributed by atoms with Gasteiger partial charge < -0.3 is 76.9 Å². The van der Waals surface area contributed by atoms with Gasteiger partial charge in [0.2, 0.25) is 18.1 Å². The summed E-state index contributed by atoms with van der Waals surface area (Å²) in [4.78, 5) is 86.6. The van der Waals surface area contributed by atoms with Crippen molar-refractivity contribution in [3.8, 4) is 5.75 Å². The van der Waals surface area contributed by atoms with Crippen LogP contribution in [0.3, 0.4) is 0 Å². The van der Waals surface area contributed by atoms with Gasteiger partial charge in [0, 0.05) is 19.5 Å². The number of carboxylic acids is 2. The minimum Gasteiger partial charge on any atom is -0.481 e. The number of carbonyl (C=O) groups is 7. The van der Waals surface area contributed by atoms with Gasteiger partial charge in [0.25, 0.3) is 0 Å². The molecule has 21 heteroatoms. The monoisotopic (exact) mass is 812 g/mol. The molecule has 0 radical (unpaired) electrons. The lowest BCUT2D eigenvalue weighted by atomic mass is 9.92. The maximum absolute atomic E-state index is 13.9. The number of aldehydes is 1. The number of benzene rings is 1. The highest BCUT2D eigenvalue weighted by molar-refractivity contribution is 5.92. The maximum atomic E-state index is 13.9. The van der Waals surface area contributed by atoms with Gasteiger partial charge in [-0.3, -0.25) is 19.2 Å². The third-order valence-corrected chi connectivity index (χ3v) is 8.91. The van der Waals surface area contributed by atoms with E-state index in [-0.39, 0.29) is 56.8 Å². The molecule has 12 N–H and O–H groups in total. The van der Waals surface area contributed by atoms with Crippen molar-refractivity contribution >= 4 is 47.7 Å². The number of ether oxygens (including phenoxy) is 3. The first-order valence-corrected chi connectivity index (χ1v) is 18.5. The lowest BCUT2D eigenvalue weighted by Gasteiger charge is -2.38. The Morgan fingerprint density at radius 3 is 2.25 bits per heavy atom. The van der Waals surface area contributed by atoms with Crippen LogP contribution in [0.5, 0.6) is 5.75 Å². The smallest absolute Gasteiger partial charge is 0.335 e.